The molecule has 0 fully saturated rings. The number of nitrogens with zero attached hydrogens (tertiary/aromatic N) is 2. The fourth-order valence-electron chi connectivity index (χ4n) is 2.72. The quantitative estimate of drug-likeness (QED) is 0.552. The van der Waals surface area contributed by atoms with Crippen LogP contribution in [0.2, 0.25) is 0 Å². The van der Waals surface area contributed by atoms with Crippen molar-refractivity contribution in [2.45, 2.75) is 6.61 Å². The first-order chi connectivity index (χ1) is 12.8. The molecule has 0 unspecified atom stereocenters. The number of nitrogens with one attached hydrogen (secondary N) is 1. The molecule has 0 saturated heterocycles. The summed E-state index contributed by atoms with van der Waals surface area (Å²) in [6.07, 6.45) is 3.44. The number of methoxy groups -OCH3 is 1. The molecule has 2 aromatic carbocycles. The minimum absolute atomic E-state index is 0.376. The van der Waals surface area contributed by atoms with Crippen LogP contribution in [-0.2, 0) is 6.61 Å². The zero-order chi connectivity index (χ0) is 17.8. The molecule has 0 bridgehead atoms. The van der Waals surface area contributed by atoms with Crippen molar-refractivity contribution in [3.8, 4) is 11.5 Å². The molecule has 0 aliphatic carbocycles. The summed E-state index contributed by atoms with van der Waals surface area (Å²) in [4.78, 5) is 4.10. The number of fused-ring (bicyclic) bond motifs is 1. The van der Waals surface area contributed by atoms with Gasteiger partial charge in [-0.15, -0.1) is 0 Å². The maximum absolute atomic E-state index is 6.05. The number of para-hydroxylation sites is 1. The van der Waals surface area contributed by atoms with Gasteiger partial charge in [-0.2, -0.15) is 0 Å². The maximum Gasteiger partial charge on any atom is 0.185 e. The van der Waals surface area contributed by atoms with E-state index in [1.807, 2.05) is 54.6 Å². The van der Waals surface area contributed by atoms with Gasteiger partial charge in [-0.05, 0) is 30.3 Å². The Labute approximate surface area is 150 Å². The summed E-state index contributed by atoms with van der Waals surface area (Å²) in [6.45, 7) is 0.376. The molecule has 6 nitrogen and oxygen atoms in total. The number of hydrogen-bond acceptors (Lipinski definition) is 6. The van der Waals surface area contributed by atoms with Gasteiger partial charge in [0.2, 0.25) is 0 Å². The Balaban J connectivity index is 1.64. The van der Waals surface area contributed by atoms with Crippen LogP contribution in [0.5, 0.6) is 11.5 Å². The van der Waals surface area contributed by atoms with Crippen molar-refractivity contribution in [1.29, 1.82) is 0 Å². The summed E-state index contributed by atoms with van der Waals surface area (Å²) >= 11 is 0. The highest BCUT2D eigenvalue weighted by Gasteiger charge is 2.14. The highest BCUT2D eigenvalue weighted by molar-refractivity contribution is 5.95. The third kappa shape index (κ3) is 3.17. The van der Waals surface area contributed by atoms with E-state index in [9.17, 15) is 0 Å². The van der Waals surface area contributed by atoms with Gasteiger partial charge < -0.3 is 19.3 Å². The van der Waals surface area contributed by atoms with E-state index in [-0.39, 0.29) is 0 Å². The number of hydrogen-bond donors (Lipinski definition) is 1. The third-order valence-corrected chi connectivity index (χ3v) is 3.96. The Hall–Kier alpha value is -3.54. The van der Waals surface area contributed by atoms with Crippen molar-refractivity contribution in [2.24, 2.45) is 0 Å². The lowest BCUT2D eigenvalue weighted by Crippen LogP contribution is -1.99. The number of aromatic nitrogens is 2. The second-order valence-corrected chi connectivity index (χ2v) is 5.63. The van der Waals surface area contributed by atoms with Crippen LogP contribution in [0, 0.1) is 0 Å². The lowest BCUT2D eigenvalue weighted by atomic mass is 10.2. The van der Waals surface area contributed by atoms with Crippen LogP contribution in [-0.4, -0.2) is 17.3 Å². The Morgan fingerprint density at radius 2 is 1.88 bits per heavy atom. The normalized spacial score (nSPS) is 10.7. The summed E-state index contributed by atoms with van der Waals surface area (Å²) in [6, 6.07) is 17.1. The van der Waals surface area contributed by atoms with Gasteiger partial charge in [0.1, 0.15) is 23.5 Å². The van der Waals surface area contributed by atoms with Crippen molar-refractivity contribution in [3.63, 3.8) is 0 Å². The lowest BCUT2D eigenvalue weighted by Gasteiger charge is -2.11. The predicted molar refractivity (Wildman–Crippen MR) is 98.9 cm³/mol. The molecule has 0 amide bonds. The standard InChI is InChI=1S/C20H17N3O3/c1-24-16-8-3-2-6-14(16)13-25-17-9-4-10-18-19(17)20(23-26-18)22-15-7-5-11-21-12-15/h2-12H,13H2,1H3,(H,22,23). The van der Waals surface area contributed by atoms with Crippen LogP contribution in [0.4, 0.5) is 11.5 Å². The lowest BCUT2D eigenvalue weighted by molar-refractivity contribution is 0.300. The summed E-state index contributed by atoms with van der Waals surface area (Å²) in [5.74, 6) is 2.06. The summed E-state index contributed by atoms with van der Waals surface area (Å²) in [7, 11) is 1.65. The molecule has 1 N–H and O–H groups in total. The first-order valence-corrected chi connectivity index (χ1v) is 8.15. The van der Waals surface area contributed by atoms with E-state index in [1.165, 1.54) is 0 Å². The van der Waals surface area contributed by atoms with Crippen LogP contribution in [0.25, 0.3) is 11.0 Å². The molecule has 2 aromatic heterocycles. The molecule has 4 aromatic rings. The van der Waals surface area contributed by atoms with Gasteiger partial charge in [0.15, 0.2) is 11.4 Å². The first-order valence-electron chi connectivity index (χ1n) is 8.15. The molecule has 0 spiro atoms. The number of benzene rings is 2. The first kappa shape index (κ1) is 16.0. The summed E-state index contributed by atoms with van der Waals surface area (Å²) in [5, 5.41) is 8.12. The monoisotopic (exact) mass is 347 g/mol. The molecule has 0 radical (unpaired) electrons. The third-order valence-electron chi connectivity index (χ3n) is 3.96. The Bertz CT molecular complexity index is 1020. The molecule has 6 heteroatoms. The molecule has 2 heterocycles. The van der Waals surface area contributed by atoms with Crippen molar-refractivity contribution < 1.29 is 14.0 Å². The van der Waals surface area contributed by atoms with Crippen LogP contribution < -0.4 is 14.8 Å². The van der Waals surface area contributed by atoms with Gasteiger partial charge in [0.05, 0.1) is 19.0 Å². The van der Waals surface area contributed by atoms with Crippen LogP contribution >= 0.6 is 0 Å². The Morgan fingerprint density at radius 1 is 1.00 bits per heavy atom. The second-order valence-electron chi connectivity index (χ2n) is 5.63. The van der Waals surface area contributed by atoms with Gasteiger partial charge in [-0.3, -0.25) is 4.98 Å². The highest BCUT2D eigenvalue weighted by Crippen LogP contribution is 2.34. The van der Waals surface area contributed by atoms with Gasteiger partial charge in [-0.1, -0.05) is 29.4 Å². The number of anilines is 2. The van der Waals surface area contributed by atoms with Gasteiger partial charge in [0, 0.05) is 11.8 Å². The van der Waals surface area contributed by atoms with E-state index in [4.69, 9.17) is 14.0 Å². The minimum Gasteiger partial charge on any atom is -0.496 e. The van der Waals surface area contributed by atoms with Gasteiger partial charge in [0.25, 0.3) is 0 Å². The average molecular weight is 347 g/mol. The van der Waals surface area contributed by atoms with E-state index in [2.05, 4.69) is 15.5 Å². The van der Waals surface area contributed by atoms with Gasteiger partial charge in [-0.25, -0.2) is 0 Å². The number of rotatable bonds is 6. The Kier molecular flexibility index (Phi) is 4.38. The summed E-state index contributed by atoms with van der Waals surface area (Å²) in [5.41, 5.74) is 2.43. The van der Waals surface area contributed by atoms with Crippen molar-refractivity contribution in [3.05, 3.63) is 72.6 Å². The molecule has 0 atom stereocenters. The van der Waals surface area contributed by atoms with Crippen molar-refractivity contribution >= 4 is 22.5 Å². The van der Waals surface area contributed by atoms with Crippen LogP contribution in [0.1, 0.15) is 5.56 Å². The zero-order valence-corrected chi connectivity index (χ0v) is 14.2. The highest BCUT2D eigenvalue weighted by atomic mass is 16.5. The topological polar surface area (TPSA) is 69.4 Å². The van der Waals surface area contributed by atoms with E-state index >= 15 is 0 Å². The fourth-order valence-corrected chi connectivity index (χ4v) is 2.72. The molecular weight excluding hydrogens is 330 g/mol. The molecule has 130 valence electrons. The molecule has 26 heavy (non-hydrogen) atoms. The SMILES string of the molecule is COc1ccccc1COc1cccc2onc(Nc3cccnc3)c12. The summed E-state index contributed by atoms with van der Waals surface area (Å²) < 4.78 is 16.8. The van der Waals surface area contributed by atoms with E-state index in [1.54, 1.807) is 19.5 Å². The van der Waals surface area contributed by atoms with Crippen LogP contribution in [0.3, 0.4) is 0 Å². The number of pyridine rings is 1. The van der Waals surface area contributed by atoms with Crippen molar-refractivity contribution in [1.82, 2.24) is 10.1 Å². The largest absolute Gasteiger partial charge is 0.496 e. The minimum atomic E-state index is 0.376. The molecule has 4 rings (SSSR count). The molecule has 0 aliphatic heterocycles. The van der Waals surface area contributed by atoms with Crippen molar-refractivity contribution in [2.75, 3.05) is 12.4 Å². The smallest absolute Gasteiger partial charge is 0.185 e. The molecular formula is C20H17N3O3. The zero-order valence-electron chi connectivity index (χ0n) is 14.2. The van der Waals surface area contributed by atoms with Gasteiger partial charge >= 0.3 is 0 Å². The molecule has 0 saturated carbocycles. The average Bonchev–Trinajstić information content (AvgIpc) is 3.11. The van der Waals surface area contributed by atoms with E-state index < -0.39 is 0 Å². The van der Waals surface area contributed by atoms with E-state index in [0.717, 1.165) is 22.4 Å². The Morgan fingerprint density at radius 3 is 2.73 bits per heavy atom. The van der Waals surface area contributed by atoms with E-state index in [0.29, 0.717) is 23.8 Å². The maximum atomic E-state index is 6.05. The number of ether oxygens (including phenoxy) is 2. The molecule has 0 aliphatic rings. The van der Waals surface area contributed by atoms with Crippen LogP contribution in [0.15, 0.2) is 71.5 Å². The fraction of sp³-hybridized carbons (Fsp3) is 0.100. The predicted octanol–water partition coefficient (Wildman–Crippen LogP) is 4.55. The second kappa shape index (κ2) is 7.14.